The largest absolute Gasteiger partial charge is 0.478 e. The van der Waals surface area contributed by atoms with Gasteiger partial charge in [0, 0.05) is 5.57 Å². The van der Waals surface area contributed by atoms with E-state index in [1.54, 1.807) is 31.2 Å². The molecule has 0 aliphatic heterocycles. The maximum Gasteiger partial charge on any atom is 0.332 e. The van der Waals surface area contributed by atoms with Crippen LogP contribution in [0.15, 0.2) is 71.9 Å². The van der Waals surface area contributed by atoms with Gasteiger partial charge in [-0.2, -0.15) is 8.42 Å². The number of rotatable bonds is 9. The maximum atomic E-state index is 11.6. The highest BCUT2D eigenvalue weighted by atomic mass is 32.2. The van der Waals surface area contributed by atoms with Crippen LogP contribution in [0.2, 0.25) is 0 Å². The van der Waals surface area contributed by atoms with Crippen LogP contribution in [0.5, 0.6) is 0 Å². The van der Waals surface area contributed by atoms with Gasteiger partial charge in [0.05, 0.1) is 5.75 Å². The van der Waals surface area contributed by atoms with Crippen LogP contribution >= 0.6 is 0 Å². The Balaban J connectivity index is 3.22. The van der Waals surface area contributed by atoms with E-state index in [0.717, 1.165) is 11.1 Å². The molecule has 1 rings (SSSR count). The Morgan fingerprint density at radius 1 is 1.24 bits per heavy atom. The molecule has 1 aromatic carbocycles. The molecule has 2 N–H and O–H groups in total. The van der Waals surface area contributed by atoms with Crippen LogP contribution in [0.3, 0.4) is 0 Å². The van der Waals surface area contributed by atoms with Gasteiger partial charge in [-0.05, 0) is 30.9 Å². The summed E-state index contributed by atoms with van der Waals surface area (Å²) in [5.41, 5.74) is 2.23. The monoisotopic (exact) mass is 362 g/mol. The van der Waals surface area contributed by atoms with Gasteiger partial charge >= 0.3 is 5.97 Å². The first-order valence-corrected chi connectivity index (χ1v) is 9.29. The summed E-state index contributed by atoms with van der Waals surface area (Å²) in [4.78, 5) is 11.6. The summed E-state index contributed by atoms with van der Waals surface area (Å²) >= 11 is 0. The number of allylic oxidation sites excluding steroid dienone is 5. The van der Waals surface area contributed by atoms with E-state index >= 15 is 0 Å². The van der Waals surface area contributed by atoms with Gasteiger partial charge in [-0.1, -0.05) is 66.8 Å². The van der Waals surface area contributed by atoms with Crippen LogP contribution in [0.25, 0.3) is 6.08 Å². The molecule has 0 bridgehead atoms. The van der Waals surface area contributed by atoms with Gasteiger partial charge in [-0.25, -0.2) is 4.79 Å². The van der Waals surface area contributed by atoms with E-state index in [9.17, 15) is 18.3 Å². The zero-order valence-electron chi connectivity index (χ0n) is 14.1. The molecule has 0 atom stereocenters. The molecule has 0 amide bonds. The molecule has 0 unspecified atom stereocenters. The lowest BCUT2D eigenvalue weighted by molar-refractivity contribution is -0.132. The van der Waals surface area contributed by atoms with E-state index in [4.69, 9.17) is 4.55 Å². The fourth-order valence-electron chi connectivity index (χ4n) is 2.10. The van der Waals surface area contributed by atoms with Crippen molar-refractivity contribution in [1.29, 1.82) is 0 Å². The van der Waals surface area contributed by atoms with Gasteiger partial charge in [-0.15, -0.1) is 0 Å². The van der Waals surface area contributed by atoms with Gasteiger partial charge in [0.15, 0.2) is 0 Å². The smallest absolute Gasteiger partial charge is 0.332 e. The predicted octanol–water partition coefficient (Wildman–Crippen LogP) is 3.88. The van der Waals surface area contributed by atoms with Gasteiger partial charge in [0.2, 0.25) is 0 Å². The highest BCUT2D eigenvalue weighted by molar-refractivity contribution is 7.85. The fourth-order valence-corrected chi connectivity index (χ4v) is 2.61. The Labute approximate surface area is 148 Å². The van der Waals surface area contributed by atoms with Gasteiger partial charge in [-0.3, -0.25) is 4.55 Å². The first-order chi connectivity index (χ1) is 11.7. The molecule has 0 saturated heterocycles. The molecule has 0 fully saturated rings. The lowest BCUT2D eigenvalue weighted by Gasteiger charge is -2.07. The maximum absolute atomic E-state index is 11.6. The van der Waals surface area contributed by atoms with E-state index in [-0.39, 0.29) is 18.4 Å². The van der Waals surface area contributed by atoms with Gasteiger partial charge < -0.3 is 5.11 Å². The second-order valence-electron chi connectivity index (χ2n) is 5.47. The third-order valence-corrected chi connectivity index (χ3v) is 4.20. The van der Waals surface area contributed by atoms with Gasteiger partial charge in [0.1, 0.15) is 0 Å². The molecule has 134 valence electrons. The predicted molar refractivity (Wildman–Crippen MR) is 99.7 cm³/mol. The summed E-state index contributed by atoms with van der Waals surface area (Å²) in [5.74, 6) is -1.61. The van der Waals surface area contributed by atoms with E-state index in [1.807, 2.05) is 30.3 Å². The molecule has 1 aromatic rings. The molecule has 25 heavy (non-hydrogen) atoms. The molecular formula is C19H22O5S. The molecule has 0 radical (unpaired) electrons. The average molecular weight is 362 g/mol. The SMILES string of the molecule is C=CC(C)=CC(C=Cc1ccccc1)=C(CCCS(=O)(=O)O)C(=O)O. The quantitative estimate of drug-likeness (QED) is 0.395. The first kappa shape index (κ1) is 20.6. The van der Waals surface area contributed by atoms with Crippen molar-refractivity contribution in [3.05, 3.63) is 77.4 Å². The summed E-state index contributed by atoms with van der Waals surface area (Å²) in [6.07, 6.45) is 6.79. The number of carboxylic acids is 1. The Morgan fingerprint density at radius 3 is 2.40 bits per heavy atom. The van der Waals surface area contributed by atoms with E-state index in [0.29, 0.717) is 5.57 Å². The molecule has 0 aliphatic carbocycles. The number of carboxylic acid groups (broad SMARTS) is 1. The van der Waals surface area contributed by atoms with Crippen LogP contribution in [0, 0.1) is 0 Å². The van der Waals surface area contributed by atoms with Crippen molar-refractivity contribution in [3.8, 4) is 0 Å². The van der Waals surface area contributed by atoms with Crippen molar-refractivity contribution < 1.29 is 22.9 Å². The Hall–Kier alpha value is -2.44. The highest BCUT2D eigenvalue weighted by Crippen LogP contribution is 2.19. The minimum absolute atomic E-state index is 0.0180. The van der Waals surface area contributed by atoms with Crippen molar-refractivity contribution in [1.82, 2.24) is 0 Å². The van der Waals surface area contributed by atoms with Crippen molar-refractivity contribution in [3.63, 3.8) is 0 Å². The Morgan fingerprint density at radius 2 is 1.88 bits per heavy atom. The molecule has 0 saturated carbocycles. The molecule has 0 spiro atoms. The fraction of sp³-hybridized carbons (Fsp3) is 0.211. The van der Waals surface area contributed by atoms with Crippen LogP contribution in [-0.2, 0) is 14.9 Å². The molecule has 0 heterocycles. The lowest BCUT2D eigenvalue weighted by Crippen LogP contribution is -2.08. The van der Waals surface area contributed by atoms with Crippen molar-refractivity contribution in [2.24, 2.45) is 0 Å². The molecule has 0 aliphatic rings. The average Bonchev–Trinajstić information content (AvgIpc) is 2.55. The lowest BCUT2D eigenvalue weighted by atomic mass is 10.00. The summed E-state index contributed by atoms with van der Waals surface area (Å²) in [6, 6.07) is 9.40. The summed E-state index contributed by atoms with van der Waals surface area (Å²) in [6.45, 7) is 5.45. The van der Waals surface area contributed by atoms with Crippen molar-refractivity contribution in [2.45, 2.75) is 19.8 Å². The standard InChI is InChI=1S/C19H22O5S/c1-3-15(2)14-17(12-11-16-8-5-4-6-9-16)18(19(20)21)10-7-13-25(22,23)24/h3-6,8-9,11-12,14H,1,7,10,13H2,2H3,(H,20,21)(H,22,23,24). The third kappa shape index (κ3) is 8.28. The highest BCUT2D eigenvalue weighted by Gasteiger charge is 2.14. The second-order valence-corrected chi connectivity index (χ2v) is 7.04. The number of benzene rings is 1. The topological polar surface area (TPSA) is 91.7 Å². The zero-order chi connectivity index (χ0) is 18.9. The van der Waals surface area contributed by atoms with Crippen LogP contribution < -0.4 is 0 Å². The van der Waals surface area contributed by atoms with Crippen molar-refractivity contribution >= 4 is 22.2 Å². The van der Waals surface area contributed by atoms with E-state index in [2.05, 4.69) is 6.58 Å². The summed E-state index contributed by atoms with van der Waals surface area (Å²) in [7, 11) is -4.12. The Bertz CT molecular complexity index is 799. The van der Waals surface area contributed by atoms with E-state index in [1.165, 1.54) is 0 Å². The number of hydrogen-bond acceptors (Lipinski definition) is 3. The summed E-state index contributed by atoms with van der Waals surface area (Å²) < 4.78 is 30.5. The van der Waals surface area contributed by atoms with Crippen LogP contribution in [0.4, 0.5) is 0 Å². The molecule has 0 aromatic heterocycles. The molecule has 5 nitrogen and oxygen atoms in total. The molecular weight excluding hydrogens is 340 g/mol. The Kier molecular flexibility index (Phi) is 8.04. The zero-order valence-corrected chi connectivity index (χ0v) is 14.9. The van der Waals surface area contributed by atoms with Crippen molar-refractivity contribution in [2.75, 3.05) is 5.75 Å². The minimum atomic E-state index is -4.12. The van der Waals surface area contributed by atoms with E-state index < -0.39 is 21.8 Å². The molecule has 6 heteroatoms. The number of carbonyl (C=O) groups is 1. The second kappa shape index (κ2) is 9.76. The number of aliphatic carboxylic acids is 1. The minimum Gasteiger partial charge on any atom is -0.478 e. The van der Waals surface area contributed by atoms with Crippen LogP contribution in [-0.4, -0.2) is 29.8 Å². The number of hydrogen-bond donors (Lipinski definition) is 2. The van der Waals surface area contributed by atoms with Gasteiger partial charge in [0.25, 0.3) is 10.1 Å². The normalized spacial score (nSPS) is 13.6. The summed E-state index contributed by atoms with van der Waals surface area (Å²) in [5, 5.41) is 9.50. The first-order valence-electron chi connectivity index (χ1n) is 7.68. The van der Waals surface area contributed by atoms with Crippen LogP contribution in [0.1, 0.15) is 25.3 Å². The third-order valence-electron chi connectivity index (χ3n) is 3.40.